The third-order valence-electron chi connectivity index (χ3n) is 3.80. The molecule has 2 aromatic carbocycles. The molecule has 2 aromatic rings. The summed E-state index contributed by atoms with van der Waals surface area (Å²) >= 11 is 0. The number of nitrogens with two attached hydrogens (primary N) is 1. The van der Waals surface area contributed by atoms with E-state index in [1.165, 1.54) is 12.1 Å². The molecular weight excluding hydrogens is 270 g/mol. The SMILES string of the molecule is CC(N)c1c(F)cccc1N(C)C(C)c1ccccc1F. The monoisotopic (exact) mass is 290 g/mol. The Morgan fingerprint density at radius 3 is 2.19 bits per heavy atom. The predicted molar refractivity (Wildman–Crippen MR) is 82.2 cm³/mol. The van der Waals surface area contributed by atoms with Crippen LogP contribution in [0.4, 0.5) is 14.5 Å². The Hall–Kier alpha value is -1.94. The van der Waals surface area contributed by atoms with Crippen LogP contribution >= 0.6 is 0 Å². The molecule has 2 nitrogen and oxygen atoms in total. The van der Waals surface area contributed by atoms with E-state index in [2.05, 4.69) is 0 Å². The van der Waals surface area contributed by atoms with E-state index in [9.17, 15) is 8.78 Å². The van der Waals surface area contributed by atoms with Crippen LogP contribution in [-0.2, 0) is 0 Å². The van der Waals surface area contributed by atoms with Gasteiger partial charge in [-0.05, 0) is 32.0 Å². The molecule has 0 saturated heterocycles. The smallest absolute Gasteiger partial charge is 0.130 e. The van der Waals surface area contributed by atoms with E-state index in [0.29, 0.717) is 16.8 Å². The lowest BCUT2D eigenvalue weighted by molar-refractivity contribution is 0.576. The van der Waals surface area contributed by atoms with Gasteiger partial charge in [0.15, 0.2) is 0 Å². The first-order chi connectivity index (χ1) is 9.93. The molecule has 0 bridgehead atoms. The molecule has 0 fully saturated rings. The Balaban J connectivity index is 2.43. The normalized spacial score (nSPS) is 13.8. The largest absolute Gasteiger partial charge is 0.367 e. The minimum absolute atomic E-state index is 0.231. The van der Waals surface area contributed by atoms with E-state index in [1.807, 2.05) is 18.9 Å². The Morgan fingerprint density at radius 2 is 1.57 bits per heavy atom. The van der Waals surface area contributed by atoms with Crippen molar-refractivity contribution in [2.75, 3.05) is 11.9 Å². The van der Waals surface area contributed by atoms with Crippen molar-refractivity contribution < 1.29 is 8.78 Å². The van der Waals surface area contributed by atoms with Gasteiger partial charge >= 0.3 is 0 Å². The van der Waals surface area contributed by atoms with Gasteiger partial charge in [0.1, 0.15) is 11.6 Å². The van der Waals surface area contributed by atoms with Crippen molar-refractivity contribution in [2.24, 2.45) is 5.73 Å². The zero-order valence-corrected chi connectivity index (χ0v) is 12.5. The summed E-state index contributed by atoms with van der Waals surface area (Å²) in [6.07, 6.45) is 0. The third-order valence-corrected chi connectivity index (χ3v) is 3.80. The van der Waals surface area contributed by atoms with Crippen LogP contribution in [0.1, 0.15) is 37.1 Å². The molecule has 112 valence electrons. The Morgan fingerprint density at radius 1 is 0.952 bits per heavy atom. The van der Waals surface area contributed by atoms with Crippen LogP contribution < -0.4 is 10.6 Å². The summed E-state index contributed by atoms with van der Waals surface area (Å²) in [6, 6.07) is 10.8. The zero-order valence-electron chi connectivity index (χ0n) is 12.5. The van der Waals surface area contributed by atoms with Crippen molar-refractivity contribution in [3.8, 4) is 0 Å². The standard InChI is InChI=1S/C17H20F2N2/c1-11(20)17-15(19)9-6-10-16(17)21(3)12(2)13-7-4-5-8-14(13)18/h4-12H,20H2,1-3H3. The van der Waals surface area contributed by atoms with Crippen molar-refractivity contribution in [1.29, 1.82) is 0 Å². The number of benzene rings is 2. The molecular formula is C17H20F2N2. The lowest BCUT2D eigenvalue weighted by Crippen LogP contribution is -2.25. The van der Waals surface area contributed by atoms with E-state index in [0.717, 1.165) is 0 Å². The van der Waals surface area contributed by atoms with Gasteiger partial charge in [-0.2, -0.15) is 0 Å². The average Bonchev–Trinajstić information content (AvgIpc) is 2.45. The number of halogens is 2. The Bertz CT molecular complexity index is 626. The van der Waals surface area contributed by atoms with Crippen LogP contribution in [0.2, 0.25) is 0 Å². The maximum atomic E-state index is 14.0. The van der Waals surface area contributed by atoms with E-state index in [-0.39, 0.29) is 17.7 Å². The number of hydrogen-bond donors (Lipinski definition) is 1. The molecule has 0 amide bonds. The minimum atomic E-state index is -0.434. The van der Waals surface area contributed by atoms with Gasteiger partial charge in [-0.25, -0.2) is 8.78 Å². The first-order valence-electron chi connectivity index (χ1n) is 6.94. The fourth-order valence-electron chi connectivity index (χ4n) is 2.52. The number of rotatable bonds is 4. The fourth-order valence-corrected chi connectivity index (χ4v) is 2.52. The van der Waals surface area contributed by atoms with E-state index >= 15 is 0 Å². The summed E-state index contributed by atoms with van der Waals surface area (Å²) in [6.45, 7) is 3.62. The molecule has 2 unspecified atom stereocenters. The Labute approximate surface area is 124 Å². The molecule has 2 N–H and O–H groups in total. The van der Waals surface area contributed by atoms with Gasteiger partial charge in [-0.15, -0.1) is 0 Å². The van der Waals surface area contributed by atoms with Crippen LogP contribution in [0.5, 0.6) is 0 Å². The first kappa shape index (κ1) is 15.4. The second-order valence-electron chi connectivity index (χ2n) is 5.27. The average molecular weight is 290 g/mol. The molecule has 4 heteroatoms. The van der Waals surface area contributed by atoms with Crippen LogP contribution in [-0.4, -0.2) is 7.05 Å². The van der Waals surface area contributed by atoms with Gasteiger partial charge in [-0.3, -0.25) is 0 Å². The van der Waals surface area contributed by atoms with Crippen LogP contribution in [0.15, 0.2) is 42.5 Å². The summed E-state index contributed by atoms with van der Waals surface area (Å²) in [5, 5.41) is 0. The molecule has 0 aliphatic heterocycles. The van der Waals surface area contributed by atoms with E-state index in [1.54, 1.807) is 37.3 Å². The second kappa shape index (κ2) is 6.22. The maximum Gasteiger partial charge on any atom is 0.130 e. The van der Waals surface area contributed by atoms with Gasteiger partial charge in [0.2, 0.25) is 0 Å². The molecule has 0 heterocycles. The Kier molecular flexibility index (Phi) is 4.58. The minimum Gasteiger partial charge on any atom is -0.367 e. The summed E-state index contributed by atoms with van der Waals surface area (Å²) < 4.78 is 28.0. The van der Waals surface area contributed by atoms with Crippen molar-refractivity contribution in [3.63, 3.8) is 0 Å². The molecule has 0 aliphatic rings. The van der Waals surface area contributed by atoms with Crippen molar-refractivity contribution in [1.82, 2.24) is 0 Å². The molecule has 0 aromatic heterocycles. The molecule has 0 spiro atoms. The lowest BCUT2D eigenvalue weighted by atomic mass is 10.0. The van der Waals surface area contributed by atoms with E-state index in [4.69, 9.17) is 5.73 Å². The van der Waals surface area contributed by atoms with Gasteiger partial charge in [0, 0.05) is 29.9 Å². The van der Waals surface area contributed by atoms with Crippen LogP contribution in [0, 0.1) is 11.6 Å². The highest BCUT2D eigenvalue weighted by Gasteiger charge is 2.21. The summed E-state index contributed by atoms with van der Waals surface area (Å²) in [4.78, 5) is 1.85. The van der Waals surface area contributed by atoms with Gasteiger partial charge < -0.3 is 10.6 Å². The maximum absolute atomic E-state index is 14.0. The quantitative estimate of drug-likeness (QED) is 0.915. The second-order valence-corrected chi connectivity index (χ2v) is 5.27. The van der Waals surface area contributed by atoms with Crippen LogP contribution in [0.25, 0.3) is 0 Å². The topological polar surface area (TPSA) is 29.3 Å². The fraction of sp³-hybridized carbons (Fsp3) is 0.294. The predicted octanol–water partition coefficient (Wildman–Crippen LogP) is 4.18. The number of hydrogen-bond acceptors (Lipinski definition) is 2. The van der Waals surface area contributed by atoms with Crippen LogP contribution in [0.3, 0.4) is 0 Å². The summed E-state index contributed by atoms with van der Waals surface area (Å²) in [5.74, 6) is -0.606. The summed E-state index contributed by atoms with van der Waals surface area (Å²) in [5.41, 5.74) is 7.58. The first-order valence-corrected chi connectivity index (χ1v) is 6.94. The highest BCUT2D eigenvalue weighted by atomic mass is 19.1. The molecule has 0 aliphatic carbocycles. The van der Waals surface area contributed by atoms with Gasteiger partial charge in [0.25, 0.3) is 0 Å². The highest BCUT2D eigenvalue weighted by molar-refractivity contribution is 5.56. The molecule has 2 atom stereocenters. The summed E-state index contributed by atoms with van der Waals surface area (Å²) in [7, 11) is 1.82. The van der Waals surface area contributed by atoms with Gasteiger partial charge in [-0.1, -0.05) is 24.3 Å². The molecule has 0 saturated carbocycles. The highest BCUT2D eigenvalue weighted by Crippen LogP contribution is 2.33. The molecule has 21 heavy (non-hydrogen) atoms. The lowest BCUT2D eigenvalue weighted by Gasteiger charge is -2.30. The third kappa shape index (κ3) is 3.05. The van der Waals surface area contributed by atoms with Gasteiger partial charge in [0.05, 0.1) is 6.04 Å². The van der Waals surface area contributed by atoms with E-state index < -0.39 is 6.04 Å². The molecule has 2 rings (SSSR count). The number of nitrogens with zero attached hydrogens (tertiary/aromatic N) is 1. The molecule has 0 radical (unpaired) electrons. The number of anilines is 1. The van der Waals surface area contributed by atoms with Crippen molar-refractivity contribution in [3.05, 3.63) is 65.2 Å². The van der Waals surface area contributed by atoms with Crippen molar-refractivity contribution >= 4 is 5.69 Å². The zero-order chi connectivity index (χ0) is 15.6. The van der Waals surface area contributed by atoms with Crippen molar-refractivity contribution in [2.45, 2.75) is 25.9 Å².